The van der Waals surface area contributed by atoms with Crippen molar-refractivity contribution in [3.8, 4) is 5.75 Å². The average molecular weight is 431 g/mol. The first kappa shape index (κ1) is 20.1. The fourth-order valence-electron chi connectivity index (χ4n) is 2.92. The van der Waals surface area contributed by atoms with Gasteiger partial charge in [-0.05, 0) is 44.6 Å². The average Bonchev–Trinajstić information content (AvgIpc) is 2.55. The van der Waals surface area contributed by atoms with Gasteiger partial charge in [0.1, 0.15) is 5.75 Å². The second kappa shape index (κ2) is 10.7. The molecule has 2 N–H and O–H groups in total. The van der Waals surface area contributed by atoms with Gasteiger partial charge in [0.15, 0.2) is 5.96 Å². The third-order valence-corrected chi connectivity index (χ3v) is 4.30. The molecule has 0 unspecified atom stereocenters. The Morgan fingerprint density at radius 3 is 2.57 bits per heavy atom. The number of benzene rings is 1. The highest BCUT2D eigenvalue weighted by molar-refractivity contribution is 14.0. The third-order valence-electron chi connectivity index (χ3n) is 4.30. The van der Waals surface area contributed by atoms with E-state index in [1.54, 1.807) is 0 Å². The van der Waals surface area contributed by atoms with E-state index in [1.165, 1.54) is 25.7 Å². The number of nitrogens with one attached hydrogen (secondary N) is 2. The fraction of sp³-hybridized carbons (Fsp3) is 0.611. The third kappa shape index (κ3) is 6.57. The number of halogens is 1. The van der Waals surface area contributed by atoms with Crippen molar-refractivity contribution in [1.29, 1.82) is 0 Å². The van der Waals surface area contributed by atoms with Crippen LogP contribution in [0.15, 0.2) is 29.3 Å². The number of guanidine groups is 1. The van der Waals surface area contributed by atoms with Gasteiger partial charge in [0.25, 0.3) is 0 Å². The second-order valence-corrected chi connectivity index (χ2v) is 6.07. The Bertz CT molecular complexity index is 485. The number of rotatable bonds is 5. The lowest BCUT2D eigenvalue weighted by Crippen LogP contribution is -2.44. The SMILES string of the molecule is CCOc1ccccc1CNC(=NC)NC1CCC(C)CC1.I. The van der Waals surface area contributed by atoms with Crippen molar-refractivity contribution < 1.29 is 4.74 Å². The molecule has 0 spiro atoms. The molecule has 2 rings (SSSR count). The van der Waals surface area contributed by atoms with Gasteiger partial charge >= 0.3 is 0 Å². The molecule has 0 atom stereocenters. The van der Waals surface area contributed by atoms with Crippen LogP contribution in [-0.2, 0) is 6.54 Å². The van der Waals surface area contributed by atoms with Gasteiger partial charge in [0.2, 0.25) is 0 Å². The van der Waals surface area contributed by atoms with Crippen LogP contribution in [0.5, 0.6) is 5.75 Å². The van der Waals surface area contributed by atoms with Crippen molar-refractivity contribution in [2.75, 3.05) is 13.7 Å². The lowest BCUT2D eigenvalue weighted by molar-refractivity contribution is 0.328. The molecule has 1 fully saturated rings. The van der Waals surface area contributed by atoms with Crippen LogP contribution in [0.3, 0.4) is 0 Å². The summed E-state index contributed by atoms with van der Waals surface area (Å²) in [5, 5.41) is 6.95. The molecule has 0 heterocycles. The van der Waals surface area contributed by atoms with Crippen LogP contribution < -0.4 is 15.4 Å². The molecule has 0 radical (unpaired) electrons. The zero-order valence-electron chi connectivity index (χ0n) is 14.5. The van der Waals surface area contributed by atoms with Crippen LogP contribution in [0.25, 0.3) is 0 Å². The zero-order valence-corrected chi connectivity index (χ0v) is 16.8. The highest BCUT2D eigenvalue weighted by Gasteiger charge is 2.18. The molecule has 1 aromatic carbocycles. The Morgan fingerprint density at radius 1 is 1.22 bits per heavy atom. The van der Waals surface area contributed by atoms with Crippen LogP contribution in [0.2, 0.25) is 0 Å². The van der Waals surface area contributed by atoms with E-state index in [-0.39, 0.29) is 24.0 Å². The van der Waals surface area contributed by atoms with Crippen LogP contribution in [0, 0.1) is 5.92 Å². The monoisotopic (exact) mass is 431 g/mol. The number of para-hydroxylation sites is 1. The van der Waals surface area contributed by atoms with Crippen LogP contribution in [0.1, 0.15) is 45.1 Å². The first-order valence-electron chi connectivity index (χ1n) is 8.40. The summed E-state index contributed by atoms with van der Waals surface area (Å²) in [4.78, 5) is 4.35. The molecule has 1 saturated carbocycles. The summed E-state index contributed by atoms with van der Waals surface area (Å²) in [6.45, 7) is 5.76. The molecule has 1 aliphatic carbocycles. The molecule has 0 aromatic heterocycles. The van der Waals surface area contributed by atoms with Gasteiger partial charge in [-0.3, -0.25) is 4.99 Å². The lowest BCUT2D eigenvalue weighted by Gasteiger charge is -2.28. The number of ether oxygens (including phenoxy) is 1. The van der Waals surface area contributed by atoms with Gasteiger partial charge in [-0.15, -0.1) is 24.0 Å². The molecular weight excluding hydrogens is 401 g/mol. The first-order valence-corrected chi connectivity index (χ1v) is 8.40. The zero-order chi connectivity index (χ0) is 15.8. The van der Waals surface area contributed by atoms with E-state index in [9.17, 15) is 0 Å². The van der Waals surface area contributed by atoms with Crippen molar-refractivity contribution in [2.45, 2.75) is 52.1 Å². The van der Waals surface area contributed by atoms with Crippen molar-refractivity contribution in [1.82, 2.24) is 10.6 Å². The summed E-state index contributed by atoms with van der Waals surface area (Å²) in [7, 11) is 1.83. The van der Waals surface area contributed by atoms with E-state index < -0.39 is 0 Å². The van der Waals surface area contributed by atoms with E-state index >= 15 is 0 Å². The summed E-state index contributed by atoms with van der Waals surface area (Å²) in [5.74, 6) is 2.69. The molecule has 0 saturated heterocycles. The lowest BCUT2D eigenvalue weighted by atomic mass is 9.87. The first-order chi connectivity index (χ1) is 10.7. The topological polar surface area (TPSA) is 45.6 Å². The quantitative estimate of drug-likeness (QED) is 0.422. The molecule has 1 aromatic rings. The number of hydrogen-bond acceptors (Lipinski definition) is 2. The highest BCUT2D eigenvalue weighted by atomic mass is 127. The van der Waals surface area contributed by atoms with Crippen molar-refractivity contribution in [3.63, 3.8) is 0 Å². The van der Waals surface area contributed by atoms with Gasteiger partial charge in [0, 0.05) is 25.2 Å². The minimum atomic E-state index is 0. The van der Waals surface area contributed by atoms with Crippen LogP contribution >= 0.6 is 24.0 Å². The number of aliphatic imine (C=N–C) groups is 1. The molecule has 0 aliphatic heterocycles. The van der Waals surface area contributed by atoms with E-state index in [0.29, 0.717) is 12.6 Å². The normalized spacial score (nSPS) is 21.3. The maximum atomic E-state index is 5.66. The summed E-state index contributed by atoms with van der Waals surface area (Å²) < 4.78 is 5.66. The fourth-order valence-corrected chi connectivity index (χ4v) is 2.92. The van der Waals surface area contributed by atoms with Gasteiger partial charge < -0.3 is 15.4 Å². The Hall–Kier alpha value is -0.980. The summed E-state index contributed by atoms with van der Waals surface area (Å²) in [6.07, 6.45) is 5.08. The van der Waals surface area contributed by atoms with E-state index in [2.05, 4.69) is 28.6 Å². The molecule has 1 aliphatic rings. The summed E-state index contributed by atoms with van der Waals surface area (Å²) in [5.41, 5.74) is 1.16. The van der Waals surface area contributed by atoms with Gasteiger partial charge in [0.05, 0.1) is 6.61 Å². The maximum Gasteiger partial charge on any atom is 0.191 e. The van der Waals surface area contributed by atoms with Crippen LogP contribution in [-0.4, -0.2) is 25.7 Å². The highest BCUT2D eigenvalue weighted by Crippen LogP contribution is 2.23. The van der Waals surface area contributed by atoms with Crippen LogP contribution in [0.4, 0.5) is 0 Å². The van der Waals surface area contributed by atoms with Crippen molar-refractivity contribution >= 4 is 29.9 Å². The molecule has 0 amide bonds. The Labute approximate surface area is 157 Å². The van der Waals surface area contributed by atoms with E-state index in [4.69, 9.17) is 4.74 Å². The Balaban J connectivity index is 0.00000264. The van der Waals surface area contributed by atoms with Crippen molar-refractivity contribution in [3.05, 3.63) is 29.8 Å². The number of hydrogen-bond donors (Lipinski definition) is 2. The predicted octanol–water partition coefficient (Wildman–Crippen LogP) is 3.95. The molecule has 4 nitrogen and oxygen atoms in total. The van der Waals surface area contributed by atoms with Gasteiger partial charge in [-0.1, -0.05) is 25.1 Å². The Kier molecular flexibility index (Phi) is 9.36. The maximum absolute atomic E-state index is 5.66. The number of nitrogens with zero attached hydrogens (tertiary/aromatic N) is 1. The molecule has 23 heavy (non-hydrogen) atoms. The summed E-state index contributed by atoms with van der Waals surface area (Å²) >= 11 is 0. The van der Waals surface area contributed by atoms with Gasteiger partial charge in [-0.2, -0.15) is 0 Å². The second-order valence-electron chi connectivity index (χ2n) is 6.07. The minimum Gasteiger partial charge on any atom is -0.494 e. The molecule has 5 heteroatoms. The predicted molar refractivity (Wildman–Crippen MR) is 108 cm³/mol. The van der Waals surface area contributed by atoms with Gasteiger partial charge in [-0.25, -0.2) is 0 Å². The summed E-state index contributed by atoms with van der Waals surface area (Å²) in [6, 6.07) is 8.69. The van der Waals surface area contributed by atoms with E-state index in [0.717, 1.165) is 29.7 Å². The van der Waals surface area contributed by atoms with E-state index in [1.807, 2.05) is 32.2 Å². The van der Waals surface area contributed by atoms with Crippen molar-refractivity contribution in [2.24, 2.45) is 10.9 Å². The smallest absolute Gasteiger partial charge is 0.191 e. The Morgan fingerprint density at radius 2 is 1.91 bits per heavy atom. The molecule has 0 bridgehead atoms. The largest absolute Gasteiger partial charge is 0.494 e. The standard InChI is InChI=1S/C18H29N3O.HI/c1-4-22-17-8-6-5-7-15(17)13-20-18(19-3)21-16-11-9-14(2)10-12-16;/h5-8,14,16H,4,9-13H2,1-3H3,(H2,19,20,21);1H. The molecular formula is C18H30IN3O. The molecule has 130 valence electrons. The minimum absolute atomic E-state index is 0.